The molecule has 0 aromatic heterocycles. The van der Waals surface area contributed by atoms with Crippen LogP contribution >= 0.6 is 0 Å². The van der Waals surface area contributed by atoms with Crippen molar-refractivity contribution in [2.75, 3.05) is 0 Å². The fraction of sp³-hybridized carbons (Fsp3) is 0.868. The Labute approximate surface area is 343 Å². The molecule has 2 nitrogen and oxygen atoms in total. The van der Waals surface area contributed by atoms with Crippen LogP contribution in [0, 0.1) is 52.3 Å². The summed E-state index contributed by atoms with van der Waals surface area (Å²) in [5.41, 5.74) is 2.51. The summed E-state index contributed by atoms with van der Waals surface area (Å²) in [6, 6.07) is 0. The molecule has 0 bridgehead atoms. The minimum Gasteiger partial charge on any atom is -0.462 e. The number of esters is 1. The molecule has 4 aliphatic rings. The van der Waals surface area contributed by atoms with E-state index in [0.29, 0.717) is 17.3 Å². The summed E-state index contributed by atoms with van der Waals surface area (Å²) < 4.78 is 6.17. The maximum absolute atomic E-state index is 12.9. The maximum Gasteiger partial charge on any atom is 0.306 e. The normalized spacial score (nSPS) is 30.3. The Kier molecular flexibility index (Phi) is 20.7. The molecule has 55 heavy (non-hydrogen) atoms. The zero-order valence-corrected chi connectivity index (χ0v) is 37.8. The first-order valence-corrected chi connectivity index (χ1v) is 24.8. The van der Waals surface area contributed by atoms with Crippen LogP contribution < -0.4 is 0 Å². The fourth-order valence-electron chi connectivity index (χ4n) is 12.8. The molecule has 0 amide bonds. The summed E-state index contributed by atoms with van der Waals surface area (Å²) in [5.74, 6) is 6.15. The van der Waals surface area contributed by atoms with Gasteiger partial charge >= 0.3 is 5.97 Å². The molecule has 3 fully saturated rings. The SMILES string of the molecule is CCCCC/C=C\C/C=C\CCCCCCCCCCCCCC(=O)OC1CCC2(C)C(=CCC3C2CCC2(C)C(C(C)CCC(CC)C(C)C)CCC32)C1. The number of hydrogen-bond donors (Lipinski definition) is 0. The number of rotatable bonds is 27. The first kappa shape index (κ1) is 46.4. The number of fused-ring (bicyclic) bond motifs is 5. The van der Waals surface area contributed by atoms with Gasteiger partial charge in [0.15, 0.2) is 0 Å². The highest BCUT2D eigenvalue weighted by atomic mass is 16.5. The first-order valence-electron chi connectivity index (χ1n) is 24.8. The van der Waals surface area contributed by atoms with E-state index in [0.717, 1.165) is 67.1 Å². The number of carbonyl (C=O) groups excluding carboxylic acids is 1. The molecule has 3 saturated carbocycles. The van der Waals surface area contributed by atoms with Gasteiger partial charge in [-0.15, -0.1) is 0 Å². The highest BCUT2D eigenvalue weighted by Crippen LogP contribution is 2.67. The van der Waals surface area contributed by atoms with Gasteiger partial charge in [0.05, 0.1) is 0 Å². The fourth-order valence-corrected chi connectivity index (χ4v) is 12.8. The van der Waals surface area contributed by atoms with Crippen molar-refractivity contribution in [1.82, 2.24) is 0 Å². The van der Waals surface area contributed by atoms with Crippen LogP contribution in [0.25, 0.3) is 0 Å². The molecule has 0 aromatic rings. The van der Waals surface area contributed by atoms with Gasteiger partial charge in [-0.3, -0.25) is 4.79 Å². The van der Waals surface area contributed by atoms with Gasteiger partial charge in [0.1, 0.15) is 6.10 Å². The molecule has 9 atom stereocenters. The van der Waals surface area contributed by atoms with Crippen molar-refractivity contribution < 1.29 is 9.53 Å². The lowest BCUT2D eigenvalue weighted by Crippen LogP contribution is -2.51. The van der Waals surface area contributed by atoms with Gasteiger partial charge in [0, 0.05) is 12.8 Å². The largest absolute Gasteiger partial charge is 0.462 e. The summed E-state index contributed by atoms with van der Waals surface area (Å²) in [6.45, 7) is 17.5. The lowest BCUT2D eigenvalue weighted by molar-refractivity contribution is -0.151. The van der Waals surface area contributed by atoms with Gasteiger partial charge in [-0.1, -0.05) is 168 Å². The van der Waals surface area contributed by atoms with Crippen molar-refractivity contribution in [3.8, 4) is 0 Å². The van der Waals surface area contributed by atoms with Crippen molar-refractivity contribution in [3.63, 3.8) is 0 Å². The van der Waals surface area contributed by atoms with Crippen LogP contribution in [0.4, 0.5) is 0 Å². The van der Waals surface area contributed by atoms with E-state index in [-0.39, 0.29) is 12.1 Å². The molecule has 0 radical (unpaired) electrons. The zero-order valence-electron chi connectivity index (χ0n) is 37.8. The number of ether oxygens (including phenoxy) is 1. The van der Waals surface area contributed by atoms with E-state index in [1.54, 1.807) is 5.57 Å². The molecule has 316 valence electrons. The van der Waals surface area contributed by atoms with Crippen LogP contribution in [0.15, 0.2) is 36.0 Å². The minimum absolute atomic E-state index is 0.0613. The molecule has 0 heterocycles. The summed E-state index contributed by atoms with van der Waals surface area (Å²) in [6.07, 6.45) is 49.3. The van der Waals surface area contributed by atoms with Crippen LogP contribution in [0.3, 0.4) is 0 Å². The zero-order chi connectivity index (χ0) is 39.5. The van der Waals surface area contributed by atoms with E-state index < -0.39 is 0 Å². The Morgan fingerprint density at radius 3 is 2.02 bits per heavy atom. The third kappa shape index (κ3) is 13.9. The van der Waals surface area contributed by atoms with Crippen molar-refractivity contribution >= 4 is 5.97 Å². The van der Waals surface area contributed by atoms with Crippen molar-refractivity contribution in [2.45, 2.75) is 241 Å². The topological polar surface area (TPSA) is 26.3 Å². The Morgan fingerprint density at radius 2 is 1.38 bits per heavy atom. The predicted molar refractivity (Wildman–Crippen MR) is 239 cm³/mol. The lowest BCUT2D eigenvalue weighted by Gasteiger charge is -2.58. The summed E-state index contributed by atoms with van der Waals surface area (Å²) in [4.78, 5) is 12.9. The van der Waals surface area contributed by atoms with E-state index in [2.05, 4.69) is 78.8 Å². The van der Waals surface area contributed by atoms with E-state index in [1.807, 2.05) is 0 Å². The van der Waals surface area contributed by atoms with Gasteiger partial charge < -0.3 is 4.74 Å². The van der Waals surface area contributed by atoms with Gasteiger partial charge in [-0.25, -0.2) is 0 Å². The van der Waals surface area contributed by atoms with Crippen LogP contribution in [0.5, 0.6) is 0 Å². The minimum atomic E-state index is 0.0613. The monoisotopic (exact) mass is 761 g/mol. The average molecular weight is 761 g/mol. The van der Waals surface area contributed by atoms with Crippen molar-refractivity contribution in [3.05, 3.63) is 36.0 Å². The third-order valence-electron chi connectivity index (χ3n) is 16.4. The number of allylic oxidation sites excluding steroid dienone is 5. The number of carbonyl (C=O) groups is 1. The molecule has 0 aromatic carbocycles. The van der Waals surface area contributed by atoms with Crippen molar-refractivity contribution in [2.24, 2.45) is 52.3 Å². The van der Waals surface area contributed by atoms with Gasteiger partial charge in [-0.2, -0.15) is 0 Å². The third-order valence-corrected chi connectivity index (χ3v) is 16.4. The Morgan fingerprint density at radius 1 is 0.745 bits per heavy atom. The number of unbranched alkanes of at least 4 members (excludes halogenated alkanes) is 14. The van der Waals surface area contributed by atoms with Crippen molar-refractivity contribution in [1.29, 1.82) is 0 Å². The average Bonchev–Trinajstić information content (AvgIpc) is 3.53. The van der Waals surface area contributed by atoms with E-state index >= 15 is 0 Å². The predicted octanol–water partition coefficient (Wildman–Crippen LogP) is 16.7. The highest BCUT2D eigenvalue weighted by Gasteiger charge is 2.59. The van der Waals surface area contributed by atoms with Gasteiger partial charge in [0.25, 0.3) is 0 Å². The van der Waals surface area contributed by atoms with Crippen LogP contribution in [0.1, 0.15) is 235 Å². The Bertz CT molecular complexity index is 1160. The maximum atomic E-state index is 12.9. The smallest absolute Gasteiger partial charge is 0.306 e. The summed E-state index contributed by atoms with van der Waals surface area (Å²) in [5, 5.41) is 0. The van der Waals surface area contributed by atoms with Crippen LogP contribution in [-0.2, 0) is 9.53 Å². The molecule has 2 heteroatoms. The summed E-state index contributed by atoms with van der Waals surface area (Å²) in [7, 11) is 0. The molecular formula is C53H92O2. The molecule has 0 N–H and O–H groups in total. The van der Waals surface area contributed by atoms with Gasteiger partial charge in [-0.05, 0) is 142 Å². The first-order chi connectivity index (χ1) is 26.6. The quantitative estimate of drug-likeness (QED) is 0.0473. The number of hydrogen-bond acceptors (Lipinski definition) is 2. The second kappa shape index (κ2) is 24.6. The van der Waals surface area contributed by atoms with E-state index in [4.69, 9.17) is 4.74 Å². The molecule has 0 aliphatic heterocycles. The Hall–Kier alpha value is -1.31. The van der Waals surface area contributed by atoms with E-state index in [9.17, 15) is 4.79 Å². The Balaban J connectivity index is 1.04. The van der Waals surface area contributed by atoms with Crippen LogP contribution in [-0.4, -0.2) is 12.1 Å². The summed E-state index contributed by atoms with van der Waals surface area (Å²) >= 11 is 0. The molecule has 4 aliphatic carbocycles. The van der Waals surface area contributed by atoms with Gasteiger partial charge in [0.2, 0.25) is 0 Å². The highest BCUT2D eigenvalue weighted by molar-refractivity contribution is 5.69. The molecule has 4 rings (SSSR count). The molecule has 0 saturated heterocycles. The standard InChI is InChI=1S/C53H92O2/c1-8-10-11-12-13-14-15-16-17-18-19-20-21-22-23-24-25-26-27-28-29-30-51(54)55-46-37-39-52(6)45(41-46)33-34-47-49-36-35-48(53(49,7)40-38-50(47)52)43(5)31-32-44(9-2)42(3)4/h13-14,16-17,33,42-44,46-50H,8-12,15,18-32,34-41H2,1-7H3/b14-13-,17-16-. The molecule has 0 spiro atoms. The lowest BCUT2D eigenvalue weighted by atomic mass is 9.47. The molecule has 9 unspecified atom stereocenters. The second-order valence-corrected chi connectivity index (χ2v) is 20.4. The van der Waals surface area contributed by atoms with Crippen LogP contribution in [0.2, 0.25) is 0 Å². The molecular weight excluding hydrogens is 669 g/mol. The second-order valence-electron chi connectivity index (χ2n) is 20.4. The van der Waals surface area contributed by atoms with E-state index in [1.165, 1.54) is 154 Å².